The lowest BCUT2D eigenvalue weighted by Crippen LogP contribution is -2.37. The standard InChI is InChI=1S/C13H16N2O2/c1-9(8-16)15(2)13(17)11-7-14-12-6-4-3-5-10(11)12/h3-7,9,14,16H,8H2,1-2H3. The number of aliphatic hydroxyl groups excluding tert-OH is 1. The fourth-order valence-corrected chi connectivity index (χ4v) is 1.76. The summed E-state index contributed by atoms with van der Waals surface area (Å²) in [5, 5.41) is 9.97. The number of H-pyrrole nitrogens is 1. The zero-order valence-electron chi connectivity index (χ0n) is 9.97. The number of fused-ring (bicyclic) bond motifs is 1. The first-order valence-corrected chi connectivity index (χ1v) is 5.59. The van der Waals surface area contributed by atoms with Crippen molar-refractivity contribution >= 4 is 16.8 Å². The lowest BCUT2D eigenvalue weighted by atomic mass is 10.1. The van der Waals surface area contributed by atoms with Gasteiger partial charge >= 0.3 is 0 Å². The van der Waals surface area contributed by atoms with Crippen LogP contribution in [0.3, 0.4) is 0 Å². The van der Waals surface area contributed by atoms with Crippen LogP contribution in [0.25, 0.3) is 10.9 Å². The molecule has 0 aliphatic rings. The molecule has 2 N–H and O–H groups in total. The highest BCUT2D eigenvalue weighted by atomic mass is 16.3. The molecule has 2 rings (SSSR count). The van der Waals surface area contributed by atoms with Crippen LogP contribution in [0, 0.1) is 0 Å². The van der Waals surface area contributed by atoms with E-state index in [1.807, 2.05) is 31.2 Å². The monoisotopic (exact) mass is 232 g/mol. The largest absolute Gasteiger partial charge is 0.394 e. The smallest absolute Gasteiger partial charge is 0.256 e. The normalized spacial score (nSPS) is 12.6. The SMILES string of the molecule is CC(CO)N(C)C(=O)c1c[nH]c2ccccc12. The molecule has 0 saturated carbocycles. The van der Waals surface area contributed by atoms with Crippen LogP contribution in [0.4, 0.5) is 0 Å². The lowest BCUT2D eigenvalue weighted by molar-refractivity contribution is 0.0684. The number of hydrogen-bond donors (Lipinski definition) is 2. The van der Waals surface area contributed by atoms with Gasteiger partial charge in [0, 0.05) is 24.1 Å². The second-order valence-electron chi connectivity index (χ2n) is 4.20. The van der Waals surface area contributed by atoms with Gasteiger partial charge in [-0.05, 0) is 13.0 Å². The average molecular weight is 232 g/mol. The molecule has 0 fully saturated rings. The first kappa shape index (κ1) is 11.7. The highest BCUT2D eigenvalue weighted by Crippen LogP contribution is 2.19. The molecule has 17 heavy (non-hydrogen) atoms. The minimum Gasteiger partial charge on any atom is -0.394 e. The number of benzene rings is 1. The summed E-state index contributed by atoms with van der Waals surface area (Å²) < 4.78 is 0. The minimum absolute atomic E-state index is 0.0371. The van der Waals surface area contributed by atoms with E-state index in [0.717, 1.165) is 10.9 Å². The summed E-state index contributed by atoms with van der Waals surface area (Å²) in [6, 6.07) is 7.49. The summed E-state index contributed by atoms with van der Waals surface area (Å²) in [6.07, 6.45) is 1.72. The fraction of sp³-hybridized carbons (Fsp3) is 0.308. The predicted molar refractivity (Wildman–Crippen MR) is 66.9 cm³/mol. The maximum atomic E-state index is 12.2. The third-order valence-corrected chi connectivity index (χ3v) is 3.07. The van der Waals surface area contributed by atoms with Crippen LogP contribution in [-0.4, -0.2) is 40.6 Å². The number of rotatable bonds is 3. The highest BCUT2D eigenvalue weighted by molar-refractivity contribution is 6.06. The molecule has 0 saturated heterocycles. The van der Waals surface area contributed by atoms with E-state index >= 15 is 0 Å². The van der Waals surface area contributed by atoms with Gasteiger partial charge in [-0.15, -0.1) is 0 Å². The molecule has 0 radical (unpaired) electrons. The second kappa shape index (κ2) is 4.59. The Balaban J connectivity index is 2.37. The number of likely N-dealkylation sites (N-methyl/N-ethyl adjacent to an activating group) is 1. The van der Waals surface area contributed by atoms with Crippen LogP contribution in [0.2, 0.25) is 0 Å². The van der Waals surface area contributed by atoms with Crippen LogP contribution in [0.15, 0.2) is 30.5 Å². The van der Waals surface area contributed by atoms with Crippen molar-refractivity contribution in [2.24, 2.45) is 0 Å². The van der Waals surface area contributed by atoms with E-state index in [0.29, 0.717) is 5.56 Å². The van der Waals surface area contributed by atoms with E-state index in [9.17, 15) is 4.79 Å². The van der Waals surface area contributed by atoms with Crippen molar-refractivity contribution in [3.8, 4) is 0 Å². The Bertz CT molecular complexity index is 533. The summed E-state index contributed by atoms with van der Waals surface area (Å²) in [7, 11) is 1.70. The van der Waals surface area contributed by atoms with Crippen molar-refractivity contribution in [1.29, 1.82) is 0 Å². The van der Waals surface area contributed by atoms with Gasteiger partial charge in [0.15, 0.2) is 0 Å². The van der Waals surface area contributed by atoms with Crippen LogP contribution in [-0.2, 0) is 0 Å². The molecule has 1 aromatic carbocycles. The van der Waals surface area contributed by atoms with Crippen molar-refractivity contribution in [2.45, 2.75) is 13.0 Å². The zero-order valence-corrected chi connectivity index (χ0v) is 9.97. The van der Waals surface area contributed by atoms with Gasteiger partial charge in [0.25, 0.3) is 5.91 Å². The number of hydrogen-bond acceptors (Lipinski definition) is 2. The topological polar surface area (TPSA) is 56.3 Å². The van der Waals surface area contributed by atoms with Gasteiger partial charge in [-0.3, -0.25) is 4.79 Å². The van der Waals surface area contributed by atoms with Gasteiger partial charge in [0.05, 0.1) is 18.2 Å². The van der Waals surface area contributed by atoms with Crippen LogP contribution >= 0.6 is 0 Å². The molecule has 0 spiro atoms. The highest BCUT2D eigenvalue weighted by Gasteiger charge is 2.19. The number of aromatic amines is 1. The number of aromatic nitrogens is 1. The molecule has 0 aliphatic heterocycles. The number of carbonyl (C=O) groups excluding carboxylic acids is 1. The minimum atomic E-state index is -0.184. The molecule has 4 heteroatoms. The van der Waals surface area contributed by atoms with Crippen molar-refractivity contribution in [1.82, 2.24) is 9.88 Å². The quantitative estimate of drug-likeness (QED) is 0.845. The third-order valence-electron chi connectivity index (χ3n) is 3.07. The van der Waals surface area contributed by atoms with Gasteiger partial charge in [-0.25, -0.2) is 0 Å². The van der Waals surface area contributed by atoms with Crippen molar-refractivity contribution in [3.05, 3.63) is 36.0 Å². The Hall–Kier alpha value is -1.81. The first-order valence-electron chi connectivity index (χ1n) is 5.59. The third kappa shape index (κ3) is 2.03. The Morgan fingerprint density at radius 2 is 2.18 bits per heavy atom. The maximum absolute atomic E-state index is 12.2. The van der Waals surface area contributed by atoms with Gasteiger partial charge in [0.2, 0.25) is 0 Å². The molecular formula is C13H16N2O2. The molecule has 0 bridgehead atoms. The van der Waals surface area contributed by atoms with E-state index in [1.54, 1.807) is 18.1 Å². The van der Waals surface area contributed by atoms with E-state index in [2.05, 4.69) is 4.98 Å². The first-order chi connectivity index (χ1) is 8.15. The lowest BCUT2D eigenvalue weighted by Gasteiger charge is -2.22. The molecule has 1 heterocycles. The molecule has 4 nitrogen and oxygen atoms in total. The number of nitrogens with one attached hydrogen (secondary N) is 1. The summed E-state index contributed by atoms with van der Waals surface area (Å²) in [4.78, 5) is 16.8. The van der Waals surface area contributed by atoms with Crippen molar-refractivity contribution < 1.29 is 9.90 Å². The number of aliphatic hydroxyl groups is 1. The Labute approximate surface area is 99.9 Å². The van der Waals surface area contributed by atoms with Gasteiger partial charge in [-0.2, -0.15) is 0 Å². The van der Waals surface area contributed by atoms with Gasteiger partial charge in [-0.1, -0.05) is 18.2 Å². The molecular weight excluding hydrogens is 216 g/mol. The summed E-state index contributed by atoms with van der Waals surface area (Å²) in [6.45, 7) is 1.78. The van der Waals surface area contributed by atoms with E-state index in [4.69, 9.17) is 5.11 Å². The number of amides is 1. The van der Waals surface area contributed by atoms with Crippen LogP contribution in [0.5, 0.6) is 0 Å². The van der Waals surface area contributed by atoms with Crippen molar-refractivity contribution in [2.75, 3.05) is 13.7 Å². The summed E-state index contributed by atoms with van der Waals surface area (Å²) in [5.74, 6) is -0.0796. The molecule has 1 atom stereocenters. The number of para-hydroxylation sites is 1. The molecule has 1 amide bonds. The van der Waals surface area contributed by atoms with Crippen molar-refractivity contribution in [3.63, 3.8) is 0 Å². The van der Waals surface area contributed by atoms with Crippen LogP contribution < -0.4 is 0 Å². The van der Waals surface area contributed by atoms with Gasteiger partial charge in [0.1, 0.15) is 0 Å². The molecule has 1 aromatic heterocycles. The predicted octanol–water partition coefficient (Wildman–Crippen LogP) is 1.62. The zero-order chi connectivity index (χ0) is 12.4. The maximum Gasteiger partial charge on any atom is 0.256 e. The fourth-order valence-electron chi connectivity index (χ4n) is 1.76. The Morgan fingerprint density at radius 1 is 1.47 bits per heavy atom. The summed E-state index contributed by atoms with van der Waals surface area (Å²) >= 11 is 0. The van der Waals surface area contributed by atoms with E-state index in [-0.39, 0.29) is 18.6 Å². The average Bonchev–Trinajstić information content (AvgIpc) is 2.79. The van der Waals surface area contributed by atoms with Gasteiger partial charge < -0.3 is 15.0 Å². The molecule has 1 unspecified atom stereocenters. The number of carbonyl (C=O) groups is 1. The molecule has 90 valence electrons. The van der Waals surface area contributed by atoms with Crippen LogP contribution in [0.1, 0.15) is 17.3 Å². The summed E-state index contributed by atoms with van der Waals surface area (Å²) in [5.41, 5.74) is 1.59. The van der Waals surface area contributed by atoms with E-state index < -0.39 is 0 Å². The molecule has 2 aromatic rings. The second-order valence-corrected chi connectivity index (χ2v) is 4.20. The molecule has 0 aliphatic carbocycles. The Morgan fingerprint density at radius 3 is 2.88 bits per heavy atom. The Kier molecular flexibility index (Phi) is 3.15. The van der Waals surface area contributed by atoms with E-state index in [1.165, 1.54) is 0 Å². The number of nitrogens with zero attached hydrogens (tertiary/aromatic N) is 1.